The minimum atomic E-state index is -7.63. The lowest BCUT2D eigenvalue weighted by atomic mass is 9.96. The Morgan fingerprint density at radius 3 is 0.600 bits per heavy atom. The predicted molar refractivity (Wildman–Crippen MR) is 38.1 cm³/mol. The molecule has 0 radical (unpaired) electrons. The molecule has 0 aromatic heterocycles. The molecule has 0 spiro atoms. The molecule has 0 saturated carbocycles. The Morgan fingerprint density at radius 1 is 0.350 bits per heavy atom. The Morgan fingerprint density at radius 2 is 0.500 bits per heavy atom. The van der Waals surface area contributed by atoms with Gasteiger partial charge in [-0.3, -0.25) is 11.5 Å². The summed E-state index contributed by atoms with van der Waals surface area (Å²) in [4.78, 5) is 0. The minimum absolute atomic E-state index is 3.19. The highest BCUT2D eigenvalue weighted by Crippen LogP contribution is 2.58. The van der Waals surface area contributed by atoms with Gasteiger partial charge in [0, 0.05) is 0 Å². The van der Waals surface area contributed by atoms with E-state index in [0.29, 0.717) is 0 Å². The van der Waals surface area contributed by atoms with Crippen LogP contribution in [0.1, 0.15) is 0 Å². The van der Waals surface area contributed by atoms with E-state index in [1.54, 1.807) is 0 Å². The quantitative estimate of drug-likeness (QED) is 0.601. The highest BCUT2D eigenvalue weighted by Gasteiger charge is 2.89. The lowest BCUT2D eigenvalue weighted by Gasteiger charge is -2.39. The maximum absolute atomic E-state index is 12.6. The number of nitrogens with two attached hydrogens (primary N) is 2. The maximum Gasteiger partial charge on any atom is 0.392 e. The molecule has 14 heteroatoms. The summed E-state index contributed by atoms with van der Waals surface area (Å²) in [6.07, 6.45) is 0. The number of hydrogen-bond acceptors (Lipinski definition) is 2. The summed E-state index contributed by atoms with van der Waals surface area (Å²) in [6.45, 7) is 0. The largest absolute Gasteiger partial charge is 0.392 e. The fourth-order valence-corrected chi connectivity index (χ4v) is 0.813. The van der Waals surface area contributed by atoms with E-state index in [4.69, 9.17) is 0 Å². The van der Waals surface area contributed by atoms with Crippen LogP contribution >= 0.6 is 0 Å². The zero-order valence-electron chi connectivity index (χ0n) is 8.69. The van der Waals surface area contributed by atoms with Crippen molar-refractivity contribution in [2.24, 2.45) is 11.5 Å². The van der Waals surface area contributed by atoms with Crippen LogP contribution in [0.25, 0.3) is 0 Å². The molecule has 0 heterocycles. The molecule has 4 N–H and O–H groups in total. The Kier molecular flexibility index (Phi) is 4.09. The van der Waals surface area contributed by atoms with Crippen LogP contribution in [0.15, 0.2) is 0 Å². The first-order chi connectivity index (χ1) is 8.25. The molecule has 0 unspecified atom stereocenters. The van der Waals surface area contributed by atoms with Gasteiger partial charge in [0.1, 0.15) is 0 Å². The van der Waals surface area contributed by atoms with Crippen LogP contribution in [0.3, 0.4) is 0 Å². The van der Waals surface area contributed by atoms with Crippen LogP contribution in [-0.2, 0) is 0 Å². The molecule has 0 atom stereocenters. The Bertz CT molecular complexity index is 327. The van der Waals surface area contributed by atoms with Crippen LogP contribution in [-0.4, -0.2) is 35.8 Å². The lowest BCUT2D eigenvalue weighted by Crippen LogP contribution is -2.73. The molecular formula is C6H4F12N2. The third kappa shape index (κ3) is 2.27. The molecule has 0 aromatic rings. The van der Waals surface area contributed by atoms with Crippen molar-refractivity contribution >= 4 is 0 Å². The van der Waals surface area contributed by atoms with Gasteiger partial charge < -0.3 is 0 Å². The van der Waals surface area contributed by atoms with Gasteiger partial charge in [0.05, 0.1) is 0 Å². The van der Waals surface area contributed by atoms with Crippen molar-refractivity contribution in [1.29, 1.82) is 0 Å². The summed E-state index contributed by atoms with van der Waals surface area (Å²) in [5.74, 6) is -29.8. The summed E-state index contributed by atoms with van der Waals surface area (Å²) in [7, 11) is 0. The average molecular weight is 332 g/mol. The zero-order chi connectivity index (χ0) is 17.0. The molecule has 0 amide bonds. The summed E-state index contributed by atoms with van der Waals surface area (Å²) in [5.41, 5.74) is 6.38. The van der Waals surface area contributed by atoms with Gasteiger partial charge in [-0.2, -0.15) is 52.7 Å². The van der Waals surface area contributed by atoms with E-state index < -0.39 is 35.8 Å². The molecule has 0 bridgehead atoms. The van der Waals surface area contributed by atoms with E-state index in [1.807, 2.05) is 0 Å². The van der Waals surface area contributed by atoms with Crippen molar-refractivity contribution in [3.63, 3.8) is 0 Å². The Balaban J connectivity index is 6.08. The molecule has 0 aliphatic carbocycles. The zero-order valence-corrected chi connectivity index (χ0v) is 8.69. The minimum Gasteiger partial charge on any atom is -0.267 e. The number of rotatable bonds is 5. The van der Waals surface area contributed by atoms with Gasteiger partial charge in [-0.1, -0.05) is 0 Å². The fraction of sp³-hybridized carbons (Fsp3) is 1.00. The van der Waals surface area contributed by atoms with Crippen molar-refractivity contribution in [1.82, 2.24) is 0 Å². The maximum atomic E-state index is 12.6. The van der Waals surface area contributed by atoms with E-state index in [2.05, 4.69) is 11.5 Å². The van der Waals surface area contributed by atoms with Crippen LogP contribution in [0.2, 0.25) is 0 Å². The topological polar surface area (TPSA) is 52.0 Å². The summed E-state index contributed by atoms with van der Waals surface area (Å²) < 4.78 is 148. The van der Waals surface area contributed by atoms with Crippen LogP contribution in [0.5, 0.6) is 0 Å². The van der Waals surface area contributed by atoms with Crippen molar-refractivity contribution in [2.45, 2.75) is 35.8 Å². The predicted octanol–water partition coefficient (Wildman–Crippen LogP) is 2.63. The molecule has 2 nitrogen and oxygen atoms in total. The standard InChI is InChI=1S/C6H4F12N2/c7-1(8,3(11,12)5(15,16)19)2(9,10)4(13,14)6(17,18)20/h19-20H2. The van der Waals surface area contributed by atoms with Crippen molar-refractivity contribution in [3.8, 4) is 0 Å². The van der Waals surface area contributed by atoms with Crippen molar-refractivity contribution in [3.05, 3.63) is 0 Å². The summed E-state index contributed by atoms with van der Waals surface area (Å²) in [5, 5.41) is 0. The fourth-order valence-electron chi connectivity index (χ4n) is 0.813. The molecule has 0 fully saturated rings. The first-order valence-corrected chi connectivity index (χ1v) is 4.10. The second kappa shape index (κ2) is 4.29. The van der Waals surface area contributed by atoms with E-state index >= 15 is 0 Å². The first-order valence-electron chi connectivity index (χ1n) is 4.10. The van der Waals surface area contributed by atoms with E-state index in [0.717, 1.165) is 0 Å². The second-order valence-electron chi connectivity index (χ2n) is 3.54. The number of hydrogen-bond donors (Lipinski definition) is 2. The van der Waals surface area contributed by atoms with Crippen molar-refractivity contribution < 1.29 is 52.7 Å². The molecule has 122 valence electrons. The molecule has 0 aliphatic rings. The SMILES string of the molecule is NC(F)(F)C(F)(F)C(F)(F)C(F)(F)C(F)(F)C(N)(F)F. The van der Waals surface area contributed by atoms with Crippen molar-refractivity contribution in [2.75, 3.05) is 0 Å². The van der Waals surface area contributed by atoms with Gasteiger partial charge in [0.2, 0.25) is 0 Å². The molecule has 0 rings (SSSR count). The monoisotopic (exact) mass is 332 g/mol. The van der Waals surface area contributed by atoms with Gasteiger partial charge in [-0.05, 0) is 0 Å². The highest BCUT2D eigenvalue weighted by molar-refractivity contribution is 5.09. The average Bonchev–Trinajstić information content (AvgIpc) is 2.12. The van der Waals surface area contributed by atoms with Gasteiger partial charge in [0.25, 0.3) is 0 Å². The van der Waals surface area contributed by atoms with E-state index in [-0.39, 0.29) is 0 Å². The Labute approximate surface area is 101 Å². The van der Waals surface area contributed by atoms with E-state index in [1.165, 1.54) is 0 Å². The lowest BCUT2D eigenvalue weighted by molar-refractivity contribution is -0.423. The van der Waals surface area contributed by atoms with Crippen LogP contribution in [0.4, 0.5) is 52.7 Å². The van der Waals surface area contributed by atoms with Crippen LogP contribution in [0, 0.1) is 0 Å². The highest BCUT2D eigenvalue weighted by atomic mass is 19.4. The smallest absolute Gasteiger partial charge is 0.267 e. The van der Waals surface area contributed by atoms with E-state index in [9.17, 15) is 52.7 Å². The molecule has 0 saturated heterocycles. The third-order valence-corrected chi connectivity index (χ3v) is 2.02. The first kappa shape index (κ1) is 19.1. The molecule has 20 heavy (non-hydrogen) atoms. The van der Waals surface area contributed by atoms with Crippen LogP contribution < -0.4 is 11.5 Å². The Hall–Kier alpha value is -0.920. The molecule has 0 aliphatic heterocycles. The van der Waals surface area contributed by atoms with Gasteiger partial charge >= 0.3 is 35.8 Å². The number of halogens is 12. The summed E-state index contributed by atoms with van der Waals surface area (Å²) in [6, 6.07) is -12.8. The van der Waals surface area contributed by atoms with Gasteiger partial charge in [-0.25, -0.2) is 0 Å². The van der Waals surface area contributed by atoms with Gasteiger partial charge in [-0.15, -0.1) is 0 Å². The van der Waals surface area contributed by atoms with Gasteiger partial charge in [0.15, 0.2) is 0 Å². The number of alkyl halides is 12. The molecule has 0 aromatic carbocycles. The molecular weight excluding hydrogens is 328 g/mol. The summed E-state index contributed by atoms with van der Waals surface area (Å²) >= 11 is 0. The second-order valence-corrected chi connectivity index (χ2v) is 3.54. The normalized spacial score (nSPS) is 16.5. The third-order valence-electron chi connectivity index (χ3n) is 2.02.